The van der Waals surface area contributed by atoms with Crippen molar-refractivity contribution >= 4 is 43.9 Å². The molecule has 322 valence electrons. The highest BCUT2D eigenvalue weighted by Gasteiger charge is 2.52. The molecule has 0 aliphatic carbocycles. The van der Waals surface area contributed by atoms with Gasteiger partial charge in [0.1, 0.15) is 64.4 Å². The van der Waals surface area contributed by atoms with E-state index in [2.05, 4.69) is 33.0 Å². The molecule has 61 heavy (non-hydrogen) atoms. The summed E-state index contributed by atoms with van der Waals surface area (Å²) < 4.78 is 301. The van der Waals surface area contributed by atoms with Gasteiger partial charge < -0.3 is 4.74 Å². The molecule has 25 heteroatoms. The summed E-state index contributed by atoms with van der Waals surface area (Å²) in [7, 11) is 0. The largest absolute Gasteiger partial charge is 0.432 e. The van der Waals surface area contributed by atoms with Crippen molar-refractivity contribution in [3.05, 3.63) is 171 Å². The van der Waals surface area contributed by atoms with Crippen LogP contribution in [0, 0.1) is 116 Å². The predicted octanol–water partition coefficient (Wildman–Crippen LogP) is 7.99. The Morgan fingerprint density at radius 1 is 0.426 bits per heavy atom. The van der Waals surface area contributed by atoms with Crippen LogP contribution in [0.1, 0.15) is 5.56 Å². The summed E-state index contributed by atoms with van der Waals surface area (Å²) in [4.78, 5) is 4.04. The van der Waals surface area contributed by atoms with Gasteiger partial charge in [-0.05, 0) is 15.9 Å². The fourth-order valence-corrected chi connectivity index (χ4v) is 6.57. The van der Waals surface area contributed by atoms with Gasteiger partial charge in [-0.3, -0.25) is 0 Å². The Morgan fingerprint density at radius 2 is 0.705 bits per heavy atom. The van der Waals surface area contributed by atoms with Crippen LogP contribution in [0.15, 0.2) is 48.9 Å². The SMILES string of the molecule is BrCOc1cncc[n+]1Cc1ccccc1.Fc1c(F)c(F)c([B-](c2c(F)c(F)c(F)c(F)c2F)(c2c(F)c(F)c(F)c(F)c2F)c2c(F)c(F)c(F)c(F)c2F)c(F)c1F. The van der Waals surface area contributed by atoms with E-state index in [4.69, 9.17) is 4.74 Å². The van der Waals surface area contributed by atoms with Gasteiger partial charge >= 0.3 is 5.88 Å². The van der Waals surface area contributed by atoms with Gasteiger partial charge in [0.15, 0.2) is 82.5 Å². The first-order valence-corrected chi connectivity index (χ1v) is 17.0. The van der Waals surface area contributed by atoms with Crippen LogP contribution in [0.4, 0.5) is 87.8 Å². The predicted molar refractivity (Wildman–Crippen MR) is 174 cm³/mol. The molecule has 0 fully saturated rings. The second kappa shape index (κ2) is 17.6. The Hall–Kier alpha value is -5.88. The van der Waals surface area contributed by atoms with Gasteiger partial charge in [0.05, 0.1) is 6.20 Å². The molecule has 1 aromatic heterocycles. The molecule has 0 bridgehead atoms. The summed E-state index contributed by atoms with van der Waals surface area (Å²) in [5.41, 5.74) is -12.6. The van der Waals surface area contributed by atoms with Crippen LogP contribution in [0.2, 0.25) is 0 Å². The Kier molecular flexibility index (Phi) is 13.3. The first-order chi connectivity index (χ1) is 28.6. The maximum absolute atomic E-state index is 15.4. The molecule has 0 amide bonds. The molecule has 0 atom stereocenters. The van der Waals surface area contributed by atoms with E-state index in [9.17, 15) is 52.7 Å². The summed E-state index contributed by atoms with van der Waals surface area (Å²) in [6, 6.07) is 10.2. The molecule has 3 nitrogen and oxygen atoms in total. The van der Waals surface area contributed by atoms with E-state index >= 15 is 35.1 Å². The van der Waals surface area contributed by atoms with Crippen LogP contribution >= 0.6 is 15.9 Å². The number of rotatable bonds is 8. The molecule has 0 spiro atoms. The maximum atomic E-state index is 15.4. The molecule has 6 aromatic rings. The second-order valence-electron chi connectivity index (χ2n) is 12.1. The number of hydrogen-bond acceptors (Lipinski definition) is 2. The molecular formula is C36H12BBrF20N2O. The molecule has 0 aliphatic heterocycles. The fourth-order valence-electron chi connectivity index (χ4n) is 6.33. The minimum absolute atomic E-state index is 0.466. The van der Waals surface area contributed by atoms with E-state index in [1.165, 1.54) is 5.56 Å². The second-order valence-corrected chi connectivity index (χ2v) is 12.5. The van der Waals surface area contributed by atoms with E-state index < -0.39 is 144 Å². The van der Waals surface area contributed by atoms with Crippen LogP contribution < -0.4 is 31.2 Å². The van der Waals surface area contributed by atoms with Crippen LogP contribution in [-0.2, 0) is 6.54 Å². The zero-order valence-corrected chi connectivity index (χ0v) is 30.4. The van der Waals surface area contributed by atoms with Crippen molar-refractivity contribution in [3.63, 3.8) is 0 Å². The lowest BCUT2D eigenvalue weighted by Crippen LogP contribution is -2.81. The molecule has 0 unspecified atom stereocenters. The lowest BCUT2D eigenvalue weighted by atomic mass is 9.12. The molecule has 0 saturated heterocycles. The zero-order chi connectivity index (χ0) is 45.6. The van der Waals surface area contributed by atoms with Crippen molar-refractivity contribution < 1.29 is 97.1 Å². The molecule has 0 saturated carbocycles. The summed E-state index contributed by atoms with van der Waals surface area (Å²) in [6.07, 6.45) is -1.84. The highest BCUT2D eigenvalue weighted by atomic mass is 79.9. The molecule has 0 N–H and O–H groups in total. The Labute approximate surface area is 334 Å². The van der Waals surface area contributed by atoms with Gasteiger partial charge in [-0.25, -0.2) is 92.8 Å². The Balaban J connectivity index is 0.000000366. The maximum Gasteiger partial charge on any atom is 0.387 e. The quantitative estimate of drug-likeness (QED) is 0.0387. The molecular weight excluding hydrogens is 947 g/mol. The first-order valence-electron chi connectivity index (χ1n) is 15.9. The molecule has 5 aromatic carbocycles. The third-order valence-electron chi connectivity index (χ3n) is 8.91. The van der Waals surface area contributed by atoms with Gasteiger partial charge in [-0.2, -0.15) is 4.57 Å². The highest BCUT2D eigenvalue weighted by Crippen LogP contribution is 2.30. The van der Waals surface area contributed by atoms with Gasteiger partial charge in [0.2, 0.25) is 0 Å². The minimum Gasteiger partial charge on any atom is -0.432 e. The van der Waals surface area contributed by atoms with Crippen LogP contribution in [-0.4, -0.2) is 16.6 Å². The number of alkyl halides is 1. The van der Waals surface area contributed by atoms with E-state index in [1.54, 1.807) is 12.4 Å². The molecule has 1 heterocycles. The minimum atomic E-state index is -7.22. The van der Waals surface area contributed by atoms with Crippen molar-refractivity contribution in [2.75, 3.05) is 5.52 Å². The number of ether oxygens (including phenoxy) is 1. The van der Waals surface area contributed by atoms with Gasteiger partial charge in [0, 0.05) is 5.56 Å². The molecule has 0 radical (unpaired) electrons. The van der Waals surface area contributed by atoms with Crippen LogP contribution in [0.3, 0.4) is 0 Å². The van der Waals surface area contributed by atoms with E-state index in [-0.39, 0.29) is 0 Å². The average molecular weight is 959 g/mol. The number of hydrogen-bond donors (Lipinski definition) is 0. The van der Waals surface area contributed by atoms with E-state index in [1.807, 2.05) is 29.0 Å². The van der Waals surface area contributed by atoms with Crippen molar-refractivity contribution in [1.29, 1.82) is 0 Å². The summed E-state index contributed by atoms with van der Waals surface area (Å²) in [5, 5.41) is 0. The van der Waals surface area contributed by atoms with Gasteiger partial charge in [-0.15, -0.1) is 21.9 Å². The van der Waals surface area contributed by atoms with Crippen LogP contribution in [0.5, 0.6) is 5.88 Å². The standard InChI is InChI=1S/C24BF20.C12H12BrN2O/c26-5-1(6(27)14(35)21(42)13(5)34)25(2-7(28)15(36)22(43)16(37)8(2)29,3-9(30)17(38)23(44)18(39)10(3)31)4-11(32)19(40)24(45)20(41)12(4)33;13-10-16-12-8-14-6-7-15(12)9-11-4-2-1-3-5-11/h;1-8H,9-10H2/q-1;+1. The third-order valence-corrected chi connectivity index (χ3v) is 9.13. The highest BCUT2D eigenvalue weighted by molar-refractivity contribution is 9.09. The summed E-state index contributed by atoms with van der Waals surface area (Å²) in [5.74, 6) is -70.7. The van der Waals surface area contributed by atoms with Crippen LogP contribution in [0.25, 0.3) is 0 Å². The topological polar surface area (TPSA) is 26.0 Å². The summed E-state index contributed by atoms with van der Waals surface area (Å²) in [6.45, 7) is 0.783. The van der Waals surface area contributed by atoms with Crippen molar-refractivity contribution in [2.24, 2.45) is 0 Å². The fraction of sp³-hybridized carbons (Fsp3) is 0.0556. The molecule has 0 aliphatic rings. The first kappa shape index (κ1) is 46.2. The third kappa shape index (κ3) is 7.49. The Bertz CT molecular complexity index is 2330. The lowest BCUT2D eigenvalue weighted by molar-refractivity contribution is -0.693. The lowest BCUT2D eigenvalue weighted by Gasteiger charge is -2.44. The average Bonchev–Trinajstić information content (AvgIpc) is 3.25. The number of benzene rings is 5. The van der Waals surface area contributed by atoms with Crippen molar-refractivity contribution in [3.8, 4) is 5.88 Å². The number of nitrogens with zero attached hydrogens (tertiary/aromatic N) is 2. The smallest absolute Gasteiger partial charge is 0.387 e. The van der Waals surface area contributed by atoms with Gasteiger partial charge in [0.25, 0.3) is 0 Å². The number of aromatic nitrogens is 2. The Morgan fingerprint density at radius 3 is 0.984 bits per heavy atom. The van der Waals surface area contributed by atoms with Crippen molar-refractivity contribution in [1.82, 2.24) is 4.98 Å². The van der Waals surface area contributed by atoms with Crippen molar-refractivity contribution in [2.45, 2.75) is 6.54 Å². The normalized spacial score (nSPS) is 11.5. The van der Waals surface area contributed by atoms with E-state index in [0.717, 1.165) is 12.4 Å². The number of halogens is 21. The van der Waals surface area contributed by atoms with E-state index in [0.29, 0.717) is 5.52 Å². The summed E-state index contributed by atoms with van der Waals surface area (Å²) >= 11 is 3.24. The monoisotopic (exact) mass is 958 g/mol. The zero-order valence-electron chi connectivity index (χ0n) is 28.9. The van der Waals surface area contributed by atoms with Gasteiger partial charge in [-0.1, -0.05) is 30.3 Å². The molecule has 6 rings (SSSR count).